The third-order valence-electron chi connectivity index (χ3n) is 3.97. The van der Waals surface area contributed by atoms with Gasteiger partial charge < -0.3 is 9.84 Å². The van der Waals surface area contributed by atoms with Crippen LogP contribution in [-0.4, -0.2) is 18.3 Å². The van der Waals surface area contributed by atoms with Crippen molar-refractivity contribution >= 4 is 0 Å². The van der Waals surface area contributed by atoms with Gasteiger partial charge in [-0.1, -0.05) is 46.2 Å². The van der Waals surface area contributed by atoms with Crippen LogP contribution in [-0.2, 0) is 5.41 Å². The number of ether oxygens (including phenoxy) is 1. The highest BCUT2D eigenvalue weighted by Crippen LogP contribution is 2.34. The standard InChI is InChI=1S/C17H28O2/c1-5-17(4,11-10-14(2)3)15-6-8-16(9-7-15)19-13-12-18/h6-9,14,18H,5,10-13H2,1-4H3/t17-/m0/s1. The van der Waals surface area contributed by atoms with Crippen LogP contribution < -0.4 is 4.74 Å². The van der Waals surface area contributed by atoms with Crippen LogP contribution in [0.4, 0.5) is 0 Å². The number of hydrogen-bond donors (Lipinski definition) is 1. The lowest BCUT2D eigenvalue weighted by Crippen LogP contribution is -2.21. The molecule has 0 unspecified atom stereocenters. The maximum absolute atomic E-state index is 8.75. The first-order valence-corrected chi connectivity index (χ1v) is 7.36. The second-order valence-electron chi connectivity index (χ2n) is 5.94. The Balaban J connectivity index is 2.74. The third-order valence-corrected chi connectivity index (χ3v) is 3.97. The van der Waals surface area contributed by atoms with Crippen LogP contribution >= 0.6 is 0 Å². The quantitative estimate of drug-likeness (QED) is 0.764. The molecule has 0 aliphatic heterocycles. The molecule has 108 valence electrons. The Labute approximate surface area is 117 Å². The van der Waals surface area contributed by atoms with Gasteiger partial charge >= 0.3 is 0 Å². The largest absolute Gasteiger partial charge is 0.491 e. The molecule has 0 radical (unpaired) electrons. The lowest BCUT2D eigenvalue weighted by molar-refractivity contribution is 0.201. The molecule has 0 saturated carbocycles. The molecule has 0 fully saturated rings. The Morgan fingerprint density at radius 1 is 1.21 bits per heavy atom. The van der Waals surface area contributed by atoms with Crippen LogP contribution in [0.2, 0.25) is 0 Å². The van der Waals surface area contributed by atoms with Gasteiger partial charge in [-0.15, -0.1) is 0 Å². The van der Waals surface area contributed by atoms with Crippen molar-refractivity contribution in [2.45, 2.75) is 52.4 Å². The summed E-state index contributed by atoms with van der Waals surface area (Å²) in [5, 5.41) is 8.75. The van der Waals surface area contributed by atoms with Crippen LogP contribution in [0.3, 0.4) is 0 Å². The van der Waals surface area contributed by atoms with Gasteiger partial charge in [0.05, 0.1) is 6.61 Å². The summed E-state index contributed by atoms with van der Waals surface area (Å²) < 4.78 is 5.40. The zero-order valence-electron chi connectivity index (χ0n) is 12.8. The Hall–Kier alpha value is -1.02. The first-order valence-electron chi connectivity index (χ1n) is 7.36. The maximum atomic E-state index is 8.75. The first kappa shape index (κ1) is 16.0. The van der Waals surface area contributed by atoms with E-state index in [0.29, 0.717) is 6.61 Å². The lowest BCUT2D eigenvalue weighted by Gasteiger charge is -2.30. The Morgan fingerprint density at radius 3 is 2.32 bits per heavy atom. The summed E-state index contributed by atoms with van der Waals surface area (Å²) in [4.78, 5) is 0. The predicted molar refractivity (Wildman–Crippen MR) is 80.7 cm³/mol. The summed E-state index contributed by atoms with van der Waals surface area (Å²) >= 11 is 0. The number of aliphatic hydroxyl groups is 1. The molecule has 1 aromatic rings. The highest BCUT2D eigenvalue weighted by molar-refractivity contribution is 5.32. The SMILES string of the molecule is CC[C@@](C)(CCC(C)C)c1ccc(OCCO)cc1. The summed E-state index contributed by atoms with van der Waals surface area (Å²) in [6.07, 6.45) is 3.63. The molecule has 0 spiro atoms. The molecular weight excluding hydrogens is 236 g/mol. The predicted octanol–water partition coefficient (Wildman–Crippen LogP) is 4.16. The average molecular weight is 264 g/mol. The molecule has 1 aromatic carbocycles. The van der Waals surface area contributed by atoms with Crippen LogP contribution in [0, 0.1) is 5.92 Å². The molecule has 1 N–H and O–H groups in total. The van der Waals surface area contributed by atoms with Gasteiger partial charge in [0.15, 0.2) is 0 Å². The molecule has 1 atom stereocenters. The van der Waals surface area contributed by atoms with Crippen LogP contribution in [0.15, 0.2) is 24.3 Å². The van der Waals surface area contributed by atoms with Crippen molar-refractivity contribution in [2.75, 3.05) is 13.2 Å². The summed E-state index contributed by atoms with van der Waals surface area (Å²) in [7, 11) is 0. The van der Waals surface area contributed by atoms with Gasteiger partial charge in [-0.3, -0.25) is 0 Å². The van der Waals surface area contributed by atoms with E-state index in [2.05, 4.69) is 39.8 Å². The van der Waals surface area contributed by atoms with Crippen LogP contribution in [0.25, 0.3) is 0 Å². The fourth-order valence-electron chi connectivity index (χ4n) is 2.25. The van der Waals surface area contributed by atoms with Gasteiger partial charge in [0.2, 0.25) is 0 Å². The molecule has 2 heteroatoms. The molecule has 1 rings (SSSR count). The average Bonchev–Trinajstić information content (AvgIpc) is 2.43. The topological polar surface area (TPSA) is 29.5 Å². The molecule has 0 aliphatic rings. The summed E-state index contributed by atoms with van der Waals surface area (Å²) in [5.74, 6) is 1.58. The molecule has 2 nitrogen and oxygen atoms in total. The molecule has 0 heterocycles. The smallest absolute Gasteiger partial charge is 0.119 e. The van der Waals surface area contributed by atoms with E-state index in [0.717, 1.165) is 18.1 Å². The Kier molecular flexibility index (Phi) is 6.36. The minimum absolute atomic E-state index is 0.0583. The van der Waals surface area contributed by atoms with E-state index < -0.39 is 0 Å². The van der Waals surface area contributed by atoms with E-state index in [1.807, 2.05) is 12.1 Å². The molecule has 0 amide bonds. The van der Waals surface area contributed by atoms with E-state index in [9.17, 15) is 0 Å². The van der Waals surface area contributed by atoms with Crippen molar-refractivity contribution in [1.82, 2.24) is 0 Å². The Morgan fingerprint density at radius 2 is 1.84 bits per heavy atom. The van der Waals surface area contributed by atoms with Gasteiger partial charge in [0.25, 0.3) is 0 Å². The van der Waals surface area contributed by atoms with Crippen molar-refractivity contribution in [3.63, 3.8) is 0 Å². The highest BCUT2D eigenvalue weighted by Gasteiger charge is 2.24. The molecule has 19 heavy (non-hydrogen) atoms. The van der Waals surface area contributed by atoms with Gasteiger partial charge in [0, 0.05) is 0 Å². The minimum atomic E-state index is 0.0583. The molecule has 0 saturated heterocycles. The first-order chi connectivity index (χ1) is 9.01. The van der Waals surface area contributed by atoms with E-state index >= 15 is 0 Å². The van der Waals surface area contributed by atoms with Crippen molar-refractivity contribution in [1.29, 1.82) is 0 Å². The number of benzene rings is 1. The van der Waals surface area contributed by atoms with Gasteiger partial charge in [0.1, 0.15) is 12.4 Å². The summed E-state index contributed by atoms with van der Waals surface area (Å²) in [5.41, 5.74) is 1.63. The fourth-order valence-corrected chi connectivity index (χ4v) is 2.25. The number of rotatable bonds is 8. The molecule has 0 aliphatic carbocycles. The zero-order valence-corrected chi connectivity index (χ0v) is 12.8. The summed E-state index contributed by atoms with van der Waals surface area (Å²) in [6, 6.07) is 8.34. The van der Waals surface area contributed by atoms with Crippen molar-refractivity contribution in [2.24, 2.45) is 5.92 Å². The monoisotopic (exact) mass is 264 g/mol. The lowest BCUT2D eigenvalue weighted by atomic mass is 9.75. The van der Waals surface area contributed by atoms with E-state index in [1.54, 1.807) is 0 Å². The second kappa shape index (κ2) is 7.54. The number of aliphatic hydroxyl groups excluding tert-OH is 1. The van der Waals surface area contributed by atoms with Gasteiger partial charge in [-0.05, 0) is 41.9 Å². The summed E-state index contributed by atoms with van der Waals surface area (Å²) in [6.45, 7) is 9.58. The van der Waals surface area contributed by atoms with Crippen LogP contribution in [0.5, 0.6) is 5.75 Å². The molecule has 0 aromatic heterocycles. The van der Waals surface area contributed by atoms with Crippen molar-refractivity contribution < 1.29 is 9.84 Å². The maximum Gasteiger partial charge on any atom is 0.119 e. The van der Waals surface area contributed by atoms with Gasteiger partial charge in [-0.25, -0.2) is 0 Å². The van der Waals surface area contributed by atoms with Crippen molar-refractivity contribution in [3.8, 4) is 5.75 Å². The molecule has 0 bridgehead atoms. The normalized spacial score (nSPS) is 14.4. The highest BCUT2D eigenvalue weighted by atomic mass is 16.5. The van der Waals surface area contributed by atoms with E-state index in [4.69, 9.17) is 9.84 Å². The van der Waals surface area contributed by atoms with E-state index in [-0.39, 0.29) is 12.0 Å². The zero-order chi connectivity index (χ0) is 14.3. The fraction of sp³-hybridized carbons (Fsp3) is 0.647. The van der Waals surface area contributed by atoms with Crippen molar-refractivity contribution in [3.05, 3.63) is 29.8 Å². The minimum Gasteiger partial charge on any atom is -0.491 e. The number of hydrogen-bond acceptors (Lipinski definition) is 2. The van der Waals surface area contributed by atoms with Gasteiger partial charge in [-0.2, -0.15) is 0 Å². The third kappa shape index (κ3) is 4.87. The van der Waals surface area contributed by atoms with E-state index in [1.165, 1.54) is 18.4 Å². The Bertz CT molecular complexity index is 356. The second-order valence-corrected chi connectivity index (χ2v) is 5.94. The molecular formula is C17H28O2. The van der Waals surface area contributed by atoms with Crippen LogP contribution in [0.1, 0.15) is 52.5 Å².